The molecule has 0 aliphatic heterocycles. The van der Waals surface area contributed by atoms with Crippen molar-refractivity contribution >= 4 is 44.6 Å². The summed E-state index contributed by atoms with van der Waals surface area (Å²) in [7, 11) is 0. The van der Waals surface area contributed by atoms with Gasteiger partial charge < -0.3 is 0 Å². The molecule has 0 saturated carbocycles. The first-order chi connectivity index (χ1) is 12.5. The lowest BCUT2D eigenvalue weighted by atomic mass is 10.2. The second-order valence-corrected chi connectivity index (χ2v) is 7.28. The molecule has 0 amide bonds. The minimum absolute atomic E-state index is 0.171. The standard InChI is InChI=1S/C19H15ClN4OS/c1-11(21-14-8-4-3-7-13(14)20)17-12(2)23-24(18(17)25)19-22-15-9-5-6-10-16(15)26-19/h3-10,23H,1-2H3. The van der Waals surface area contributed by atoms with E-state index in [-0.39, 0.29) is 5.56 Å². The van der Waals surface area contributed by atoms with E-state index in [0.717, 1.165) is 15.9 Å². The molecule has 0 fully saturated rings. The lowest BCUT2D eigenvalue weighted by molar-refractivity contribution is 0.829. The zero-order valence-corrected chi connectivity index (χ0v) is 15.7. The number of hydrogen-bond acceptors (Lipinski definition) is 4. The summed E-state index contributed by atoms with van der Waals surface area (Å²) in [6.07, 6.45) is 0. The van der Waals surface area contributed by atoms with Crippen LogP contribution in [0, 0.1) is 6.92 Å². The van der Waals surface area contributed by atoms with Gasteiger partial charge in [0.05, 0.1) is 32.2 Å². The third-order valence-electron chi connectivity index (χ3n) is 4.05. The fourth-order valence-corrected chi connectivity index (χ4v) is 3.95. The average molecular weight is 383 g/mol. The van der Waals surface area contributed by atoms with Crippen LogP contribution in [0.3, 0.4) is 0 Å². The number of hydrogen-bond donors (Lipinski definition) is 1. The molecule has 2 aromatic heterocycles. The van der Waals surface area contributed by atoms with Gasteiger partial charge in [-0.1, -0.05) is 47.2 Å². The van der Waals surface area contributed by atoms with Crippen molar-refractivity contribution in [2.45, 2.75) is 13.8 Å². The van der Waals surface area contributed by atoms with Crippen molar-refractivity contribution in [1.82, 2.24) is 14.8 Å². The van der Waals surface area contributed by atoms with Crippen LogP contribution < -0.4 is 5.56 Å². The normalized spacial score (nSPS) is 12.0. The van der Waals surface area contributed by atoms with Crippen molar-refractivity contribution in [3.63, 3.8) is 0 Å². The van der Waals surface area contributed by atoms with E-state index in [1.807, 2.05) is 56.3 Å². The predicted molar refractivity (Wildman–Crippen MR) is 108 cm³/mol. The van der Waals surface area contributed by atoms with Crippen molar-refractivity contribution in [2.75, 3.05) is 0 Å². The highest BCUT2D eigenvalue weighted by molar-refractivity contribution is 7.20. The van der Waals surface area contributed by atoms with Crippen molar-refractivity contribution in [3.8, 4) is 5.13 Å². The Morgan fingerprint density at radius 1 is 1.19 bits per heavy atom. The van der Waals surface area contributed by atoms with Crippen LogP contribution in [0.25, 0.3) is 15.3 Å². The topological polar surface area (TPSA) is 63.0 Å². The number of aromatic nitrogens is 3. The molecule has 26 heavy (non-hydrogen) atoms. The van der Waals surface area contributed by atoms with Gasteiger partial charge in [-0.15, -0.1) is 0 Å². The number of thiazole rings is 1. The Morgan fingerprint density at radius 3 is 2.69 bits per heavy atom. The second kappa shape index (κ2) is 6.55. The van der Waals surface area contributed by atoms with Gasteiger partial charge in [0.15, 0.2) is 0 Å². The maximum atomic E-state index is 13.0. The van der Waals surface area contributed by atoms with E-state index in [1.165, 1.54) is 16.0 Å². The number of benzene rings is 2. The van der Waals surface area contributed by atoms with Gasteiger partial charge in [0.1, 0.15) is 0 Å². The van der Waals surface area contributed by atoms with Crippen LogP contribution in [0.2, 0.25) is 5.02 Å². The van der Waals surface area contributed by atoms with Crippen LogP contribution in [0.4, 0.5) is 5.69 Å². The molecule has 7 heteroatoms. The van der Waals surface area contributed by atoms with Gasteiger partial charge in [0.2, 0.25) is 5.13 Å². The van der Waals surface area contributed by atoms with E-state index in [9.17, 15) is 4.79 Å². The number of rotatable bonds is 3. The Morgan fingerprint density at radius 2 is 1.92 bits per heavy atom. The zero-order chi connectivity index (χ0) is 18.3. The first-order valence-electron chi connectivity index (χ1n) is 8.02. The molecule has 0 aliphatic carbocycles. The molecular formula is C19H15ClN4OS. The molecule has 2 aromatic carbocycles. The van der Waals surface area contributed by atoms with Crippen LogP contribution in [-0.4, -0.2) is 20.5 Å². The lowest BCUT2D eigenvalue weighted by Gasteiger charge is -2.00. The van der Waals surface area contributed by atoms with Gasteiger partial charge in [-0.05, 0) is 38.1 Å². The highest BCUT2D eigenvalue weighted by atomic mass is 35.5. The fraction of sp³-hybridized carbons (Fsp3) is 0.105. The average Bonchev–Trinajstić information content (AvgIpc) is 3.17. The molecule has 0 saturated heterocycles. The summed E-state index contributed by atoms with van der Waals surface area (Å²) in [5, 5.41) is 4.26. The van der Waals surface area contributed by atoms with Gasteiger partial charge in [-0.2, -0.15) is 4.68 Å². The predicted octanol–water partition coefficient (Wildman–Crippen LogP) is 4.88. The van der Waals surface area contributed by atoms with Crippen LogP contribution in [0.5, 0.6) is 0 Å². The lowest BCUT2D eigenvalue weighted by Crippen LogP contribution is -2.19. The number of nitrogens with one attached hydrogen (secondary N) is 1. The number of halogens is 1. The van der Waals surface area contributed by atoms with Crippen molar-refractivity contribution in [3.05, 3.63) is 75.2 Å². The molecule has 0 bridgehead atoms. The van der Waals surface area contributed by atoms with Crippen LogP contribution in [0.1, 0.15) is 18.2 Å². The van der Waals surface area contributed by atoms with Gasteiger partial charge in [-0.3, -0.25) is 14.9 Å². The maximum Gasteiger partial charge on any atom is 0.282 e. The van der Waals surface area contributed by atoms with E-state index < -0.39 is 0 Å². The number of fused-ring (bicyclic) bond motifs is 1. The highest BCUT2D eigenvalue weighted by Gasteiger charge is 2.17. The molecule has 0 unspecified atom stereocenters. The van der Waals surface area contributed by atoms with E-state index in [1.54, 1.807) is 6.07 Å². The Hall–Kier alpha value is -2.70. The van der Waals surface area contributed by atoms with Gasteiger partial charge in [0, 0.05) is 5.69 Å². The number of aromatic amines is 1. The smallest absolute Gasteiger partial charge is 0.282 e. The quantitative estimate of drug-likeness (QED) is 0.513. The van der Waals surface area contributed by atoms with Crippen LogP contribution in [0.15, 0.2) is 58.3 Å². The summed E-state index contributed by atoms with van der Waals surface area (Å²) in [6.45, 7) is 3.66. The third-order valence-corrected chi connectivity index (χ3v) is 5.39. The zero-order valence-electron chi connectivity index (χ0n) is 14.2. The monoisotopic (exact) mass is 382 g/mol. The van der Waals surface area contributed by atoms with E-state index >= 15 is 0 Å². The minimum Gasteiger partial charge on any atom is -0.293 e. The first-order valence-corrected chi connectivity index (χ1v) is 9.22. The number of aliphatic imine (C=N–C) groups is 1. The maximum absolute atomic E-state index is 13.0. The molecule has 0 atom stereocenters. The molecule has 130 valence electrons. The SMILES string of the molecule is CC(=Nc1ccccc1Cl)c1c(C)[nH]n(-c2nc3ccccc3s2)c1=O. The summed E-state index contributed by atoms with van der Waals surface area (Å²) in [6, 6.07) is 15.1. The molecule has 0 aliphatic rings. The molecule has 1 N–H and O–H groups in total. The van der Waals surface area contributed by atoms with Crippen molar-refractivity contribution < 1.29 is 0 Å². The molecule has 4 aromatic rings. The van der Waals surface area contributed by atoms with Crippen LogP contribution >= 0.6 is 22.9 Å². The molecule has 0 spiro atoms. The Balaban J connectivity index is 1.82. The number of nitrogens with zero attached hydrogens (tertiary/aromatic N) is 3. The number of aryl methyl sites for hydroxylation is 1. The summed E-state index contributed by atoms with van der Waals surface area (Å²) in [5.74, 6) is 0. The first kappa shape index (κ1) is 16.8. The highest BCUT2D eigenvalue weighted by Crippen LogP contribution is 2.26. The molecule has 5 nitrogen and oxygen atoms in total. The molecular weight excluding hydrogens is 368 g/mol. The van der Waals surface area contributed by atoms with Crippen molar-refractivity contribution in [2.24, 2.45) is 4.99 Å². The van der Waals surface area contributed by atoms with Gasteiger partial charge in [-0.25, -0.2) is 4.98 Å². The van der Waals surface area contributed by atoms with Crippen molar-refractivity contribution in [1.29, 1.82) is 0 Å². The second-order valence-electron chi connectivity index (χ2n) is 5.87. The summed E-state index contributed by atoms with van der Waals surface area (Å²) in [5.41, 5.74) is 3.21. The third kappa shape index (κ3) is 2.87. The van der Waals surface area contributed by atoms with Gasteiger partial charge in [0.25, 0.3) is 5.56 Å². The van der Waals surface area contributed by atoms with E-state index in [4.69, 9.17) is 11.6 Å². The number of para-hydroxylation sites is 2. The summed E-state index contributed by atoms with van der Waals surface area (Å²) >= 11 is 7.64. The van der Waals surface area contributed by atoms with E-state index in [0.29, 0.717) is 27.1 Å². The molecule has 4 rings (SSSR count). The minimum atomic E-state index is -0.171. The van der Waals surface area contributed by atoms with E-state index in [2.05, 4.69) is 15.1 Å². The largest absolute Gasteiger partial charge is 0.293 e. The van der Waals surface area contributed by atoms with Crippen LogP contribution in [-0.2, 0) is 0 Å². The summed E-state index contributed by atoms with van der Waals surface area (Å²) < 4.78 is 2.51. The Bertz CT molecular complexity index is 1170. The Labute approximate surface area is 158 Å². The van der Waals surface area contributed by atoms with Gasteiger partial charge >= 0.3 is 0 Å². The molecule has 2 heterocycles. The number of H-pyrrole nitrogens is 1. The fourth-order valence-electron chi connectivity index (χ4n) is 2.84. The summed E-state index contributed by atoms with van der Waals surface area (Å²) in [4.78, 5) is 22.0. The molecule has 0 radical (unpaired) electrons. The Kier molecular flexibility index (Phi) is 4.22.